The van der Waals surface area contributed by atoms with Crippen LogP contribution in [0, 0.1) is 0 Å². The Morgan fingerprint density at radius 2 is 1.97 bits per heavy atom. The lowest BCUT2D eigenvalue weighted by Crippen LogP contribution is -2.40. The summed E-state index contributed by atoms with van der Waals surface area (Å²) >= 11 is 5.87. The summed E-state index contributed by atoms with van der Waals surface area (Å²) in [6.07, 6.45) is 12.0. The van der Waals surface area contributed by atoms with Gasteiger partial charge in [-0.3, -0.25) is 4.98 Å². The lowest BCUT2D eigenvalue weighted by molar-refractivity contribution is 0.191. The van der Waals surface area contributed by atoms with Crippen LogP contribution in [0.4, 0.5) is 0 Å². The Bertz CT molecular complexity index is 946. The fourth-order valence-corrected chi connectivity index (χ4v) is 5.23. The van der Waals surface area contributed by atoms with Gasteiger partial charge in [-0.05, 0) is 61.5 Å². The molecule has 0 aromatic carbocycles. The molecule has 0 spiro atoms. The Labute approximate surface area is 176 Å². The predicted molar refractivity (Wildman–Crippen MR) is 116 cm³/mol. The van der Waals surface area contributed by atoms with Gasteiger partial charge < -0.3 is 19.2 Å². The van der Waals surface area contributed by atoms with Crippen LogP contribution in [-0.2, 0) is 6.54 Å². The van der Waals surface area contributed by atoms with Crippen molar-refractivity contribution in [2.24, 2.45) is 0 Å². The number of hydrogen-bond donors (Lipinski definition) is 1. The van der Waals surface area contributed by atoms with E-state index in [-0.39, 0.29) is 12.1 Å². The Balaban J connectivity index is 1.55. The zero-order valence-corrected chi connectivity index (χ0v) is 17.2. The van der Waals surface area contributed by atoms with Crippen LogP contribution in [0.15, 0.2) is 65.5 Å². The van der Waals surface area contributed by atoms with Gasteiger partial charge in [0.1, 0.15) is 5.76 Å². The number of thiocarbonyl (C=S) groups is 1. The van der Waals surface area contributed by atoms with Crippen LogP contribution in [0.3, 0.4) is 0 Å². The Morgan fingerprint density at radius 3 is 2.72 bits per heavy atom. The van der Waals surface area contributed by atoms with Crippen molar-refractivity contribution in [2.75, 3.05) is 0 Å². The molecule has 3 aromatic rings. The van der Waals surface area contributed by atoms with Gasteiger partial charge in [0.05, 0.1) is 30.6 Å². The van der Waals surface area contributed by atoms with E-state index in [0.717, 1.165) is 16.6 Å². The number of rotatable bonds is 5. The maximum Gasteiger partial charge on any atom is 0.170 e. The van der Waals surface area contributed by atoms with E-state index < -0.39 is 0 Å². The molecule has 0 bridgehead atoms. The molecule has 4 heterocycles. The molecule has 2 fully saturated rings. The van der Waals surface area contributed by atoms with Crippen LogP contribution >= 0.6 is 12.2 Å². The molecule has 5 nitrogen and oxygen atoms in total. The van der Waals surface area contributed by atoms with Gasteiger partial charge in [0, 0.05) is 24.1 Å². The number of nitrogens with zero attached hydrogens (tertiary/aromatic N) is 3. The number of pyridine rings is 1. The summed E-state index contributed by atoms with van der Waals surface area (Å²) in [6.45, 7) is 0.714. The van der Waals surface area contributed by atoms with Gasteiger partial charge >= 0.3 is 0 Å². The summed E-state index contributed by atoms with van der Waals surface area (Å²) in [5.74, 6) is 0.953. The van der Waals surface area contributed by atoms with E-state index >= 15 is 0 Å². The van der Waals surface area contributed by atoms with Crippen molar-refractivity contribution in [1.29, 1.82) is 0 Å². The fraction of sp³-hybridized carbons (Fsp3) is 0.391. The molecule has 2 unspecified atom stereocenters. The van der Waals surface area contributed by atoms with Gasteiger partial charge in [-0.25, -0.2) is 0 Å². The van der Waals surface area contributed by atoms with E-state index in [9.17, 15) is 0 Å². The normalized spacial score (nSPS) is 22.8. The molecule has 1 N–H and O–H groups in total. The van der Waals surface area contributed by atoms with Crippen molar-refractivity contribution in [3.63, 3.8) is 0 Å². The van der Waals surface area contributed by atoms with Crippen LogP contribution in [-0.4, -0.2) is 25.6 Å². The molecule has 1 saturated heterocycles. The average Bonchev–Trinajstić information content (AvgIpc) is 3.50. The van der Waals surface area contributed by atoms with Crippen molar-refractivity contribution < 1.29 is 4.42 Å². The van der Waals surface area contributed by atoms with Gasteiger partial charge in [-0.15, -0.1) is 0 Å². The molecule has 3 aromatic heterocycles. The second-order valence-corrected chi connectivity index (χ2v) is 8.35. The van der Waals surface area contributed by atoms with Crippen LogP contribution in [0.1, 0.15) is 61.3 Å². The molecule has 2 atom stereocenters. The maximum absolute atomic E-state index is 5.87. The zero-order chi connectivity index (χ0) is 19.6. The monoisotopic (exact) mass is 406 g/mol. The molecule has 1 aliphatic heterocycles. The van der Waals surface area contributed by atoms with Gasteiger partial charge in [0.2, 0.25) is 0 Å². The molecule has 1 saturated carbocycles. The molecular formula is C23H26N4OS. The number of nitrogens with one attached hydrogen (secondary N) is 1. The summed E-state index contributed by atoms with van der Waals surface area (Å²) in [4.78, 5) is 7.12. The average molecular weight is 407 g/mol. The van der Waals surface area contributed by atoms with Crippen molar-refractivity contribution >= 4 is 17.3 Å². The smallest absolute Gasteiger partial charge is 0.170 e. The molecule has 5 rings (SSSR count). The first-order chi connectivity index (χ1) is 14.3. The number of furan rings is 1. The summed E-state index contributed by atoms with van der Waals surface area (Å²) in [5.41, 5.74) is 2.28. The lowest BCUT2D eigenvalue weighted by atomic mass is 9.92. The summed E-state index contributed by atoms with van der Waals surface area (Å²) in [7, 11) is 0. The molecule has 2 aliphatic rings. The lowest BCUT2D eigenvalue weighted by Gasteiger charge is -2.37. The second kappa shape index (κ2) is 8.03. The summed E-state index contributed by atoms with van der Waals surface area (Å²) in [6, 6.07) is 15.0. The largest absolute Gasteiger partial charge is 0.467 e. The molecule has 1 aliphatic carbocycles. The second-order valence-electron chi connectivity index (χ2n) is 7.97. The minimum atomic E-state index is 0.0378. The SMILES string of the molecule is S=C1NC(c2ccccn2)C(c2cccn2Cc2ccco2)N1C1CCCCC1. The van der Waals surface area contributed by atoms with Crippen molar-refractivity contribution in [3.05, 3.63) is 78.3 Å². The fourth-order valence-electron chi connectivity index (χ4n) is 4.84. The van der Waals surface area contributed by atoms with Gasteiger partial charge in [-0.1, -0.05) is 25.3 Å². The highest BCUT2D eigenvalue weighted by atomic mass is 32.1. The first kappa shape index (κ1) is 18.4. The molecule has 0 amide bonds. The van der Waals surface area contributed by atoms with Crippen LogP contribution < -0.4 is 5.32 Å². The third kappa shape index (κ3) is 3.57. The Morgan fingerprint density at radius 1 is 1.07 bits per heavy atom. The van der Waals surface area contributed by atoms with E-state index in [2.05, 4.69) is 50.2 Å². The third-order valence-corrected chi connectivity index (χ3v) is 6.51. The Hall–Kier alpha value is -2.60. The highest BCUT2D eigenvalue weighted by Crippen LogP contribution is 2.42. The Kier molecular flexibility index (Phi) is 5.10. The third-order valence-electron chi connectivity index (χ3n) is 6.18. The van der Waals surface area contributed by atoms with Crippen LogP contribution in [0.5, 0.6) is 0 Å². The van der Waals surface area contributed by atoms with E-state index in [1.807, 2.05) is 24.4 Å². The van der Waals surface area contributed by atoms with Crippen LogP contribution in [0.2, 0.25) is 0 Å². The number of hydrogen-bond acceptors (Lipinski definition) is 3. The van der Waals surface area contributed by atoms with Gasteiger partial charge in [-0.2, -0.15) is 0 Å². The topological polar surface area (TPSA) is 46.2 Å². The minimum Gasteiger partial charge on any atom is -0.467 e. The first-order valence-electron chi connectivity index (χ1n) is 10.5. The molecular weight excluding hydrogens is 380 g/mol. The maximum atomic E-state index is 5.87. The zero-order valence-electron chi connectivity index (χ0n) is 16.4. The molecule has 6 heteroatoms. The van der Waals surface area contributed by atoms with Crippen LogP contribution in [0.25, 0.3) is 0 Å². The van der Waals surface area contributed by atoms with Crippen molar-refractivity contribution in [1.82, 2.24) is 19.8 Å². The van der Waals surface area contributed by atoms with Gasteiger partial charge in [0.25, 0.3) is 0 Å². The van der Waals surface area contributed by atoms with E-state index in [1.54, 1.807) is 6.26 Å². The molecule has 29 heavy (non-hydrogen) atoms. The standard InChI is InChI=1S/C23H26N4OS/c29-23-25-21(19-11-4-5-13-24-19)22(27(23)17-8-2-1-3-9-17)20-12-6-14-26(20)16-18-10-7-15-28-18/h4-7,10-15,17,21-22H,1-3,8-9,16H2,(H,25,29). The van der Waals surface area contributed by atoms with Gasteiger partial charge in [0.15, 0.2) is 5.11 Å². The van der Waals surface area contributed by atoms with E-state index in [4.69, 9.17) is 16.6 Å². The van der Waals surface area contributed by atoms with Crippen molar-refractivity contribution in [3.8, 4) is 0 Å². The molecule has 150 valence electrons. The van der Waals surface area contributed by atoms with E-state index in [1.165, 1.54) is 37.8 Å². The quantitative estimate of drug-likeness (QED) is 0.615. The van der Waals surface area contributed by atoms with E-state index in [0.29, 0.717) is 12.6 Å². The first-order valence-corrected chi connectivity index (χ1v) is 10.9. The molecule has 0 radical (unpaired) electrons. The predicted octanol–water partition coefficient (Wildman–Crippen LogP) is 4.83. The minimum absolute atomic E-state index is 0.0378. The highest BCUT2D eigenvalue weighted by molar-refractivity contribution is 7.80. The van der Waals surface area contributed by atoms with Crippen molar-refractivity contribution in [2.45, 2.75) is 56.8 Å². The number of aromatic nitrogens is 2. The summed E-state index contributed by atoms with van der Waals surface area (Å²) < 4.78 is 7.89. The highest BCUT2D eigenvalue weighted by Gasteiger charge is 2.44. The summed E-state index contributed by atoms with van der Waals surface area (Å²) in [5, 5.41) is 4.45.